The third kappa shape index (κ3) is 3.86. The van der Waals surface area contributed by atoms with Crippen molar-refractivity contribution in [2.24, 2.45) is 0 Å². The van der Waals surface area contributed by atoms with E-state index in [1.807, 2.05) is 23.4 Å². The maximum atomic E-state index is 12.6. The van der Waals surface area contributed by atoms with E-state index in [1.165, 1.54) is 6.33 Å². The largest absolute Gasteiger partial charge is 0.337 e. The number of anilines is 1. The van der Waals surface area contributed by atoms with Crippen molar-refractivity contribution in [3.8, 4) is 0 Å². The fourth-order valence-electron chi connectivity index (χ4n) is 2.94. The van der Waals surface area contributed by atoms with Crippen LogP contribution in [0.5, 0.6) is 0 Å². The summed E-state index contributed by atoms with van der Waals surface area (Å²) in [5, 5.41) is 7.27. The van der Waals surface area contributed by atoms with Gasteiger partial charge in [0, 0.05) is 45.1 Å². The lowest BCUT2D eigenvalue weighted by Gasteiger charge is -2.35. The van der Waals surface area contributed by atoms with E-state index in [1.54, 1.807) is 18.5 Å². The minimum Gasteiger partial charge on any atom is -0.337 e. The van der Waals surface area contributed by atoms with Gasteiger partial charge in [0.1, 0.15) is 12.2 Å². The lowest BCUT2D eigenvalue weighted by atomic mass is 10.2. The summed E-state index contributed by atoms with van der Waals surface area (Å²) in [7, 11) is 0. The van der Waals surface area contributed by atoms with Crippen LogP contribution in [-0.4, -0.2) is 61.8 Å². The number of aryl methyl sites for hydroxylation is 1. The molecule has 3 heterocycles. The standard InChI is InChI=1S/C16H24N8O/c1-3-13(14-19-12-20-24(14)4-2)21-16(25)23-10-8-22(9-11-23)15-17-6-5-7-18-15/h5-7,12-13H,3-4,8-11H2,1-2H3,(H,21,25)/t13-/m0/s1. The first-order chi connectivity index (χ1) is 12.2. The van der Waals surface area contributed by atoms with Gasteiger partial charge >= 0.3 is 6.03 Å². The average Bonchev–Trinajstić information content (AvgIpc) is 3.15. The van der Waals surface area contributed by atoms with E-state index in [9.17, 15) is 4.79 Å². The van der Waals surface area contributed by atoms with Gasteiger partial charge in [-0.2, -0.15) is 5.10 Å². The van der Waals surface area contributed by atoms with Gasteiger partial charge in [0.15, 0.2) is 0 Å². The van der Waals surface area contributed by atoms with Crippen LogP contribution in [0.3, 0.4) is 0 Å². The topological polar surface area (TPSA) is 92.1 Å². The molecular weight excluding hydrogens is 320 g/mol. The molecule has 0 bridgehead atoms. The zero-order chi connectivity index (χ0) is 17.6. The lowest BCUT2D eigenvalue weighted by Crippen LogP contribution is -2.52. The molecule has 0 aliphatic carbocycles. The van der Waals surface area contributed by atoms with Gasteiger partial charge in [0.2, 0.25) is 5.95 Å². The Morgan fingerprint density at radius 1 is 1.16 bits per heavy atom. The molecule has 0 aromatic carbocycles. The van der Waals surface area contributed by atoms with Crippen LogP contribution in [0.15, 0.2) is 24.8 Å². The SMILES string of the molecule is CC[C@H](NC(=O)N1CCN(c2ncccn2)CC1)c1ncnn1CC. The highest BCUT2D eigenvalue weighted by Crippen LogP contribution is 2.15. The molecule has 0 radical (unpaired) electrons. The van der Waals surface area contributed by atoms with Gasteiger partial charge in [-0.25, -0.2) is 24.4 Å². The van der Waals surface area contributed by atoms with Gasteiger partial charge in [0.25, 0.3) is 0 Å². The number of rotatable bonds is 5. The number of aromatic nitrogens is 5. The number of hydrogen-bond acceptors (Lipinski definition) is 6. The molecule has 0 unspecified atom stereocenters. The fraction of sp³-hybridized carbons (Fsp3) is 0.562. The summed E-state index contributed by atoms with van der Waals surface area (Å²) in [6.45, 7) is 7.50. The molecule has 1 fully saturated rings. The number of urea groups is 1. The minimum atomic E-state index is -0.134. The molecule has 9 nitrogen and oxygen atoms in total. The maximum absolute atomic E-state index is 12.6. The van der Waals surface area contributed by atoms with Gasteiger partial charge < -0.3 is 15.1 Å². The maximum Gasteiger partial charge on any atom is 0.318 e. The Kier molecular flexibility index (Phi) is 5.42. The second-order valence-electron chi connectivity index (χ2n) is 5.87. The summed E-state index contributed by atoms with van der Waals surface area (Å²) in [6, 6.07) is 1.60. The molecule has 2 aromatic rings. The first-order valence-electron chi connectivity index (χ1n) is 8.68. The summed E-state index contributed by atoms with van der Waals surface area (Å²) >= 11 is 0. The predicted octanol–water partition coefficient (Wildman–Crippen LogP) is 1.07. The highest BCUT2D eigenvalue weighted by Gasteiger charge is 2.25. The number of hydrogen-bond donors (Lipinski definition) is 1. The molecule has 134 valence electrons. The van der Waals surface area contributed by atoms with E-state index in [4.69, 9.17) is 0 Å². The Morgan fingerprint density at radius 2 is 1.88 bits per heavy atom. The van der Waals surface area contributed by atoms with Crippen molar-refractivity contribution in [3.05, 3.63) is 30.6 Å². The van der Waals surface area contributed by atoms with Crippen molar-refractivity contribution in [1.29, 1.82) is 0 Å². The molecule has 0 spiro atoms. The van der Waals surface area contributed by atoms with Crippen molar-refractivity contribution in [2.75, 3.05) is 31.1 Å². The van der Waals surface area contributed by atoms with Crippen LogP contribution in [0.4, 0.5) is 10.7 Å². The van der Waals surface area contributed by atoms with Crippen molar-refractivity contribution in [2.45, 2.75) is 32.9 Å². The van der Waals surface area contributed by atoms with Crippen molar-refractivity contribution < 1.29 is 4.79 Å². The molecule has 3 rings (SSSR count). The number of nitrogens with zero attached hydrogens (tertiary/aromatic N) is 7. The van der Waals surface area contributed by atoms with Crippen LogP contribution in [0.1, 0.15) is 32.1 Å². The molecule has 2 aromatic heterocycles. The highest BCUT2D eigenvalue weighted by molar-refractivity contribution is 5.75. The van der Waals surface area contributed by atoms with Crippen LogP contribution >= 0.6 is 0 Å². The van der Waals surface area contributed by atoms with Gasteiger partial charge in [-0.3, -0.25) is 0 Å². The van der Waals surface area contributed by atoms with E-state index in [-0.39, 0.29) is 12.1 Å². The van der Waals surface area contributed by atoms with Crippen LogP contribution in [0.2, 0.25) is 0 Å². The van der Waals surface area contributed by atoms with Crippen LogP contribution in [-0.2, 0) is 6.54 Å². The van der Waals surface area contributed by atoms with Crippen molar-refractivity contribution in [3.63, 3.8) is 0 Å². The number of piperazine rings is 1. The fourth-order valence-corrected chi connectivity index (χ4v) is 2.94. The number of amides is 2. The van der Waals surface area contributed by atoms with Crippen molar-refractivity contribution >= 4 is 12.0 Å². The monoisotopic (exact) mass is 344 g/mol. The molecule has 9 heteroatoms. The Bertz CT molecular complexity index is 680. The van der Waals surface area contributed by atoms with Gasteiger partial charge in [-0.05, 0) is 19.4 Å². The molecule has 0 saturated carbocycles. The summed E-state index contributed by atoms with van der Waals surface area (Å²) in [5.41, 5.74) is 0. The molecule has 1 atom stereocenters. The second kappa shape index (κ2) is 7.91. The molecule has 1 aliphatic rings. The van der Waals surface area contributed by atoms with Gasteiger partial charge in [-0.1, -0.05) is 6.92 Å². The van der Waals surface area contributed by atoms with Crippen LogP contribution in [0, 0.1) is 0 Å². The number of nitrogens with one attached hydrogen (secondary N) is 1. The van der Waals surface area contributed by atoms with Crippen molar-refractivity contribution in [1.82, 2.24) is 34.9 Å². The van der Waals surface area contributed by atoms with E-state index in [0.717, 1.165) is 31.9 Å². The summed E-state index contributed by atoms with van der Waals surface area (Å²) in [6.07, 6.45) is 5.77. The predicted molar refractivity (Wildman–Crippen MR) is 93.1 cm³/mol. The van der Waals surface area contributed by atoms with E-state index in [2.05, 4.69) is 30.3 Å². The molecule has 25 heavy (non-hydrogen) atoms. The average molecular weight is 344 g/mol. The van der Waals surface area contributed by atoms with E-state index in [0.29, 0.717) is 19.0 Å². The molecule has 2 amide bonds. The lowest BCUT2D eigenvalue weighted by molar-refractivity contribution is 0.188. The normalized spacial score (nSPS) is 15.9. The smallest absolute Gasteiger partial charge is 0.318 e. The zero-order valence-corrected chi connectivity index (χ0v) is 14.7. The van der Waals surface area contributed by atoms with Gasteiger partial charge in [-0.15, -0.1) is 0 Å². The van der Waals surface area contributed by atoms with Crippen LogP contribution in [0.25, 0.3) is 0 Å². The third-order valence-electron chi connectivity index (χ3n) is 4.36. The Balaban J connectivity index is 1.57. The van der Waals surface area contributed by atoms with Gasteiger partial charge in [0.05, 0.1) is 6.04 Å². The van der Waals surface area contributed by atoms with Crippen LogP contribution < -0.4 is 10.2 Å². The molecule has 1 N–H and O–H groups in total. The molecular formula is C16H24N8O. The molecule has 1 saturated heterocycles. The highest BCUT2D eigenvalue weighted by atomic mass is 16.2. The number of carbonyl (C=O) groups excluding carboxylic acids is 1. The first kappa shape index (κ1) is 17.1. The minimum absolute atomic E-state index is 0.0638. The zero-order valence-electron chi connectivity index (χ0n) is 14.7. The summed E-state index contributed by atoms with van der Waals surface area (Å²) < 4.78 is 1.82. The third-order valence-corrected chi connectivity index (χ3v) is 4.36. The van der Waals surface area contributed by atoms with E-state index >= 15 is 0 Å². The summed E-state index contributed by atoms with van der Waals surface area (Å²) in [4.78, 5) is 29.4. The quantitative estimate of drug-likeness (QED) is 0.872. The second-order valence-corrected chi connectivity index (χ2v) is 5.87. The van der Waals surface area contributed by atoms with E-state index < -0.39 is 0 Å². The Morgan fingerprint density at radius 3 is 2.52 bits per heavy atom. The number of carbonyl (C=O) groups is 1. The molecule has 1 aliphatic heterocycles. The Labute approximate surface area is 147 Å². The first-order valence-corrected chi connectivity index (χ1v) is 8.68. The Hall–Kier alpha value is -2.71. The summed E-state index contributed by atoms with van der Waals surface area (Å²) in [5.74, 6) is 1.51.